The Labute approximate surface area is 244 Å². The fourth-order valence-corrected chi connectivity index (χ4v) is 6.46. The molecule has 1 aromatic carbocycles. The van der Waals surface area contributed by atoms with Gasteiger partial charge in [-0.05, 0) is 18.6 Å². The smallest absolute Gasteiger partial charge is 0.395 e. The van der Waals surface area contributed by atoms with E-state index < -0.39 is 48.0 Å². The van der Waals surface area contributed by atoms with E-state index in [9.17, 15) is 27.2 Å². The second-order valence-corrected chi connectivity index (χ2v) is 12.1. The molecule has 0 spiro atoms. The quantitative estimate of drug-likeness (QED) is 0.370. The van der Waals surface area contributed by atoms with Gasteiger partial charge >= 0.3 is 6.29 Å². The SMILES string of the molecule is C[C@@H](C(=O)Nc1nc2cc3c(cc2s1)OC(F)(F)O3)N1CCC(F)(F)[C@@H](c2c[nH]c(=O)c(CN3CCC(F)(F)CC3)c2)C1. The van der Waals surface area contributed by atoms with Crippen molar-refractivity contribution in [1.82, 2.24) is 19.8 Å². The number of thiazole rings is 1. The van der Waals surface area contributed by atoms with E-state index in [-0.39, 0.29) is 73.3 Å². The number of carbonyl (C=O) groups excluding carboxylic acids is 1. The van der Waals surface area contributed by atoms with E-state index in [2.05, 4.69) is 24.8 Å². The summed E-state index contributed by atoms with van der Waals surface area (Å²) in [7, 11) is 0. The molecule has 0 bridgehead atoms. The number of alkyl halides is 6. The van der Waals surface area contributed by atoms with Gasteiger partial charge in [-0.1, -0.05) is 11.3 Å². The molecule has 0 unspecified atom stereocenters. The Morgan fingerprint density at radius 1 is 1.09 bits per heavy atom. The van der Waals surface area contributed by atoms with Crippen molar-refractivity contribution in [3.05, 3.63) is 45.9 Å². The molecule has 0 radical (unpaired) electrons. The number of piperidine rings is 2. The van der Waals surface area contributed by atoms with E-state index in [1.807, 2.05) is 0 Å². The van der Waals surface area contributed by atoms with Crippen molar-refractivity contribution < 1.29 is 40.6 Å². The Morgan fingerprint density at radius 3 is 2.51 bits per heavy atom. The highest BCUT2D eigenvalue weighted by Crippen LogP contribution is 2.45. The Hall–Kier alpha value is -3.37. The summed E-state index contributed by atoms with van der Waals surface area (Å²) in [5.74, 6) is -8.05. The van der Waals surface area contributed by atoms with Crippen LogP contribution < -0.4 is 20.3 Å². The normalized spacial score (nSPS) is 23.7. The number of fused-ring (bicyclic) bond motifs is 2. The molecule has 2 aromatic heterocycles. The van der Waals surface area contributed by atoms with Crippen LogP contribution in [0.25, 0.3) is 10.2 Å². The molecule has 1 amide bonds. The molecule has 43 heavy (non-hydrogen) atoms. The molecule has 0 saturated carbocycles. The third kappa shape index (κ3) is 6.17. The number of benzene rings is 1. The number of hydrogen-bond donors (Lipinski definition) is 2. The number of ether oxygens (including phenoxy) is 2. The molecular weight excluding hydrogens is 604 g/mol. The molecule has 2 saturated heterocycles. The molecule has 6 rings (SSSR count). The van der Waals surface area contributed by atoms with Crippen LogP contribution in [0.2, 0.25) is 0 Å². The van der Waals surface area contributed by atoms with Crippen molar-refractivity contribution in [3.63, 3.8) is 0 Å². The van der Waals surface area contributed by atoms with E-state index in [0.717, 1.165) is 11.3 Å². The first kappa shape index (κ1) is 29.7. The summed E-state index contributed by atoms with van der Waals surface area (Å²) in [5, 5.41) is 2.85. The lowest BCUT2D eigenvalue weighted by Crippen LogP contribution is -2.52. The fourth-order valence-electron chi connectivity index (χ4n) is 5.58. The monoisotopic (exact) mass is 631 g/mol. The zero-order valence-corrected chi connectivity index (χ0v) is 23.6. The summed E-state index contributed by atoms with van der Waals surface area (Å²) in [6, 6.07) is 3.18. The molecule has 3 aliphatic heterocycles. The van der Waals surface area contributed by atoms with Crippen LogP contribution in [0.15, 0.2) is 29.2 Å². The van der Waals surface area contributed by atoms with Gasteiger partial charge in [0.1, 0.15) is 0 Å². The van der Waals surface area contributed by atoms with E-state index in [1.54, 1.807) is 16.7 Å². The van der Waals surface area contributed by atoms with Crippen LogP contribution >= 0.6 is 11.3 Å². The minimum atomic E-state index is -3.77. The molecule has 2 N–H and O–H groups in total. The van der Waals surface area contributed by atoms with Crippen molar-refractivity contribution >= 4 is 32.6 Å². The number of aromatic amines is 1. The van der Waals surface area contributed by atoms with Gasteiger partial charge in [0.15, 0.2) is 16.6 Å². The maximum atomic E-state index is 15.2. The second kappa shape index (κ2) is 10.7. The molecule has 16 heteroatoms. The average molecular weight is 632 g/mol. The number of nitrogens with zero attached hydrogens (tertiary/aromatic N) is 3. The van der Waals surface area contributed by atoms with Crippen molar-refractivity contribution in [2.45, 2.75) is 62.8 Å². The maximum absolute atomic E-state index is 15.2. The first-order valence-electron chi connectivity index (χ1n) is 13.6. The van der Waals surface area contributed by atoms with Gasteiger partial charge < -0.3 is 19.8 Å². The van der Waals surface area contributed by atoms with Gasteiger partial charge in [-0.2, -0.15) is 0 Å². The first-order valence-corrected chi connectivity index (χ1v) is 14.4. The van der Waals surface area contributed by atoms with Gasteiger partial charge in [0.25, 0.3) is 17.4 Å². The molecule has 3 aliphatic rings. The Morgan fingerprint density at radius 2 is 1.79 bits per heavy atom. The summed E-state index contributed by atoms with van der Waals surface area (Å²) in [4.78, 5) is 35.7. The third-order valence-electron chi connectivity index (χ3n) is 8.11. The number of nitrogens with one attached hydrogen (secondary N) is 2. The van der Waals surface area contributed by atoms with Crippen molar-refractivity contribution in [2.75, 3.05) is 31.5 Å². The largest absolute Gasteiger partial charge is 0.586 e. The number of anilines is 1. The highest BCUT2D eigenvalue weighted by Gasteiger charge is 2.47. The molecule has 5 heterocycles. The fraction of sp³-hybridized carbons (Fsp3) is 0.519. The molecule has 9 nitrogen and oxygen atoms in total. The summed E-state index contributed by atoms with van der Waals surface area (Å²) >= 11 is 1.03. The zero-order valence-electron chi connectivity index (χ0n) is 22.8. The molecule has 3 aromatic rings. The standard InChI is InChI=1S/C27H27F6N5O4S/c1-14(22(39)36-24-35-18-9-19-20(10-21(18)43-24)42-27(32,33)41-19)38-7-4-26(30,31)17(13-38)15-8-16(23(40)34-11-15)12-37-5-2-25(28,29)3-6-37/h8-11,14,17H,2-7,12-13H2,1H3,(H,34,40)(H,35,36,39)/t14-,17+/m0/s1. The predicted octanol–water partition coefficient (Wildman–Crippen LogP) is 4.99. The molecule has 2 atom stereocenters. The number of H-pyrrole nitrogens is 1. The van der Waals surface area contributed by atoms with Crippen LogP contribution in [0.4, 0.5) is 31.5 Å². The van der Waals surface area contributed by atoms with E-state index in [1.165, 1.54) is 24.4 Å². The number of aromatic nitrogens is 2. The van der Waals surface area contributed by atoms with Gasteiger partial charge in [0.05, 0.1) is 22.2 Å². The summed E-state index contributed by atoms with van der Waals surface area (Å²) < 4.78 is 93.5. The van der Waals surface area contributed by atoms with Crippen molar-refractivity contribution in [3.8, 4) is 11.5 Å². The maximum Gasteiger partial charge on any atom is 0.586 e. The zero-order chi connectivity index (χ0) is 30.7. The predicted molar refractivity (Wildman–Crippen MR) is 144 cm³/mol. The molecular formula is C27H27F6N5O4S. The number of pyridine rings is 1. The number of halogens is 6. The number of likely N-dealkylation sites (tertiary alicyclic amines) is 2. The van der Waals surface area contributed by atoms with Crippen LogP contribution in [0.1, 0.15) is 43.2 Å². The lowest BCUT2D eigenvalue weighted by atomic mass is 9.86. The molecule has 0 aliphatic carbocycles. The van der Waals surface area contributed by atoms with Gasteiger partial charge in [0, 0.05) is 75.9 Å². The third-order valence-corrected chi connectivity index (χ3v) is 9.05. The highest BCUT2D eigenvalue weighted by atomic mass is 32.1. The van der Waals surface area contributed by atoms with Crippen LogP contribution in [-0.2, 0) is 11.3 Å². The number of hydrogen-bond acceptors (Lipinski definition) is 8. The van der Waals surface area contributed by atoms with E-state index in [4.69, 9.17) is 0 Å². The lowest BCUT2D eigenvalue weighted by molar-refractivity contribution is -0.286. The van der Waals surface area contributed by atoms with Crippen LogP contribution in [0.3, 0.4) is 0 Å². The molecule has 2 fully saturated rings. The average Bonchev–Trinajstić information content (AvgIpc) is 3.45. The van der Waals surface area contributed by atoms with Gasteiger partial charge in [-0.25, -0.2) is 22.5 Å². The first-order chi connectivity index (χ1) is 20.2. The van der Waals surface area contributed by atoms with Crippen molar-refractivity contribution in [2.24, 2.45) is 0 Å². The number of rotatable bonds is 6. The second-order valence-electron chi connectivity index (χ2n) is 11.1. The lowest BCUT2D eigenvalue weighted by Gasteiger charge is -2.40. The van der Waals surface area contributed by atoms with Crippen LogP contribution in [0, 0.1) is 0 Å². The van der Waals surface area contributed by atoms with E-state index in [0.29, 0.717) is 10.2 Å². The minimum Gasteiger partial charge on any atom is -0.395 e. The summed E-state index contributed by atoms with van der Waals surface area (Å²) in [5.41, 5.74) is 0.229. The number of carbonyl (C=O) groups is 1. The summed E-state index contributed by atoms with van der Waals surface area (Å²) in [6.07, 6.45) is -3.72. The number of amides is 1. The Bertz CT molecular complexity index is 1560. The van der Waals surface area contributed by atoms with Gasteiger partial charge in [-0.15, -0.1) is 8.78 Å². The van der Waals surface area contributed by atoms with Gasteiger partial charge in [0.2, 0.25) is 5.91 Å². The van der Waals surface area contributed by atoms with Crippen molar-refractivity contribution in [1.29, 1.82) is 0 Å². The minimum absolute atomic E-state index is 0.0614. The topological polar surface area (TPSA) is 99.8 Å². The Kier molecular flexibility index (Phi) is 7.36. The van der Waals surface area contributed by atoms with Crippen LogP contribution in [-0.4, -0.2) is 76.0 Å². The Balaban J connectivity index is 1.14. The summed E-state index contributed by atoms with van der Waals surface area (Å²) in [6.45, 7) is 1.57. The molecule has 232 valence electrons. The van der Waals surface area contributed by atoms with E-state index >= 15 is 8.78 Å². The van der Waals surface area contributed by atoms with Gasteiger partial charge in [-0.3, -0.25) is 19.4 Å². The van der Waals surface area contributed by atoms with Crippen LogP contribution in [0.5, 0.6) is 11.5 Å². The highest BCUT2D eigenvalue weighted by molar-refractivity contribution is 7.22.